The number of aryl methyl sites for hydroxylation is 1. The van der Waals surface area contributed by atoms with Crippen LogP contribution < -0.4 is 10.6 Å². The van der Waals surface area contributed by atoms with E-state index in [1.165, 1.54) is 0 Å². The van der Waals surface area contributed by atoms with Gasteiger partial charge in [-0.25, -0.2) is 0 Å². The molecule has 2 N–H and O–H groups in total. The molecule has 2 aromatic heterocycles. The first-order chi connectivity index (χ1) is 9.69. The summed E-state index contributed by atoms with van der Waals surface area (Å²) in [5.74, 6) is 0.448. The topological polar surface area (TPSA) is 84.7 Å². The molecular weight excluding hydrogens is 256 g/mol. The number of carbonyl (C=O) groups is 1. The predicted octanol–water partition coefficient (Wildman–Crippen LogP) is 0.614. The number of rotatable bonds is 6. The molecule has 2 rings (SSSR count). The van der Waals surface area contributed by atoms with Gasteiger partial charge in [0.1, 0.15) is 5.82 Å². The minimum Gasteiger partial charge on any atom is -0.369 e. The zero-order chi connectivity index (χ0) is 14.4. The van der Waals surface area contributed by atoms with Gasteiger partial charge in [-0.05, 0) is 31.0 Å². The molecule has 0 spiro atoms. The number of hydrogen-bond donors (Lipinski definition) is 2. The molecular formula is C13H18N6O. The van der Waals surface area contributed by atoms with E-state index in [1.54, 1.807) is 23.0 Å². The van der Waals surface area contributed by atoms with Gasteiger partial charge in [-0.3, -0.25) is 9.48 Å². The Bertz CT molecular complexity index is 562. The highest BCUT2D eigenvalue weighted by atomic mass is 16.1. The molecule has 0 aliphatic rings. The van der Waals surface area contributed by atoms with Gasteiger partial charge in [-0.1, -0.05) is 0 Å². The minimum atomic E-state index is -0.218. The molecule has 106 valence electrons. The number of amides is 1. The largest absolute Gasteiger partial charge is 0.369 e. The quantitative estimate of drug-likeness (QED) is 0.806. The van der Waals surface area contributed by atoms with E-state index in [9.17, 15) is 4.79 Å². The van der Waals surface area contributed by atoms with E-state index in [-0.39, 0.29) is 5.91 Å². The lowest BCUT2D eigenvalue weighted by molar-refractivity contribution is 0.0948. The molecule has 0 atom stereocenters. The Morgan fingerprint density at radius 1 is 1.35 bits per heavy atom. The molecule has 0 unspecified atom stereocenters. The van der Waals surface area contributed by atoms with Crippen LogP contribution in [-0.4, -0.2) is 39.0 Å². The van der Waals surface area contributed by atoms with Crippen molar-refractivity contribution in [1.29, 1.82) is 0 Å². The smallest absolute Gasteiger partial charge is 0.271 e. The van der Waals surface area contributed by atoms with Crippen molar-refractivity contribution in [2.45, 2.75) is 13.3 Å². The predicted molar refractivity (Wildman–Crippen MR) is 75.4 cm³/mol. The van der Waals surface area contributed by atoms with Crippen LogP contribution in [-0.2, 0) is 13.5 Å². The molecule has 0 aliphatic carbocycles. The van der Waals surface area contributed by atoms with Crippen molar-refractivity contribution in [2.24, 2.45) is 7.05 Å². The zero-order valence-corrected chi connectivity index (χ0v) is 11.6. The zero-order valence-electron chi connectivity index (χ0n) is 11.6. The van der Waals surface area contributed by atoms with Crippen LogP contribution in [0.4, 0.5) is 5.82 Å². The van der Waals surface area contributed by atoms with Crippen molar-refractivity contribution < 1.29 is 4.79 Å². The maximum Gasteiger partial charge on any atom is 0.271 e. The fourth-order valence-corrected chi connectivity index (χ4v) is 1.74. The highest BCUT2D eigenvalue weighted by Crippen LogP contribution is 2.01. The molecule has 0 saturated carbocycles. The standard InChI is InChI=1S/C13H18N6O/c1-3-14-12-5-4-11(17-18-12)13(20)15-7-6-10-8-16-19(2)9-10/h4-5,8-9H,3,6-7H2,1-2H3,(H,14,18)(H,15,20). The number of carbonyl (C=O) groups excluding carboxylic acids is 1. The van der Waals surface area contributed by atoms with Gasteiger partial charge in [0.05, 0.1) is 6.20 Å². The third-order valence-electron chi connectivity index (χ3n) is 2.71. The molecule has 0 aromatic carbocycles. The Morgan fingerprint density at radius 3 is 2.80 bits per heavy atom. The normalized spacial score (nSPS) is 10.3. The first kappa shape index (κ1) is 14.0. The Morgan fingerprint density at radius 2 is 2.20 bits per heavy atom. The number of nitrogens with one attached hydrogen (secondary N) is 2. The van der Waals surface area contributed by atoms with Crippen molar-refractivity contribution in [3.8, 4) is 0 Å². The molecule has 2 heterocycles. The lowest BCUT2D eigenvalue weighted by Gasteiger charge is -2.04. The van der Waals surface area contributed by atoms with Gasteiger partial charge in [0, 0.05) is 26.3 Å². The van der Waals surface area contributed by atoms with Crippen LogP contribution in [0.2, 0.25) is 0 Å². The molecule has 0 fully saturated rings. The van der Waals surface area contributed by atoms with Crippen LogP contribution >= 0.6 is 0 Å². The summed E-state index contributed by atoms with van der Waals surface area (Å²) in [7, 11) is 1.86. The van der Waals surface area contributed by atoms with E-state index in [2.05, 4.69) is 25.9 Å². The number of anilines is 1. The second-order valence-electron chi connectivity index (χ2n) is 4.36. The Hall–Kier alpha value is -2.44. The van der Waals surface area contributed by atoms with Gasteiger partial charge in [0.15, 0.2) is 5.69 Å². The summed E-state index contributed by atoms with van der Waals surface area (Å²) in [6.07, 6.45) is 4.46. The third kappa shape index (κ3) is 3.78. The fraction of sp³-hybridized carbons (Fsp3) is 0.385. The summed E-state index contributed by atoms with van der Waals surface area (Å²) < 4.78 is 1.74. The molecule has 1 amide bonds. The molecule has 2 aromatic rings. The van der Waals surface area contributed by atoms with E-state index in [1.807, 2.05) is 20.2 Å². The van der Waals surface area contributed by atoms with Gasteiger partial charge >= 0.3 is 0 Å². The highest BCUT2D eigenvalue weighted by molar-refractivity contribution is 5.92. The van der Waals surface area contributed by atoms with Crippen molar-refractivity contribution in [3.63, 3.8) is 0 Å². The SMILES string of the molecule is CCNc1ccc(C(=O)NCCc2cnn(C)c2)nn1. The van der Waals surface area contributed by atoms with E-state index in [4.69, 9.17) is 0 Å². The Balaban J connectivity index is 1.82. The van der Waals surface area contributed by atoms with Gasteiger partial charge < -0.3 is 10.6 Å². The van der Waals surface area contributed by atoms with E-state index in [0.29, 0.717) is 18.1 Å². The number of aromatic nitrogens is 4. The molecule has 7 heteroatoms. The molecule has 7 nitrogen and oxygen atoms in total. The van der Waals surface area contributed by atoms with Gasteiger partial charge in [0.2, 0.25) is 0 Å². The highest BCUT2D eigenvalue weighted by Gasteiger charge is 2.07. The maximum absolute atomic E-state index is 11.9. The first-order valence-electron chi connectivity index (χ1n) is 6.52. The Kier molecular flexibility index (Phi) is 4.65. The maximum atomic E-state index is 11.9. The fourth-order valence-electron chi connectivity index (χ4n) is 1.74. The van der Waals surface area contributed by atoms with Gasteiger partial charge in [-0.2, -0.15) is 5.10 Å². The van der Waals surface area contributed by atoms with Crippen LogP contribution in [0.25, 0.3) is 0 Å². The molecule has 0 saturated heterocycles. The van der Waals surface area contributed by atoms with E-state index in [0.717, 1.165) is 18.5 Å². The second-order valence-corrected chi connectivity index (χ2v) is 4.36. The minimum absolute atomic E-state index is 0.218. The van der Waals surface area contributed by atoms with Crippen LogP contribution in [0, 0.1) is 0 Å². The summed E-state index contributed by atoms with van der Waals surface area (Å²) in [6.45, 7) is 3.28. The lowest BCUT2D eigenvalue weighted by atomic mass is 10.2. The van der Waals surface area contributed by atoms with Crippen molar-refractivity contribution in [3.05, 3.63) is 35.8 Å². The van der Waals surface area contributed by atoms with Crippen LogP contribution in [0.3, 0.4) is 0 Å². The molecule has 0 radical (unpaired) electrons. The summed E-state index contributed by atoms with van der Waals surface area (Å²) >= 11 is 0. The summed E-state index contributed by atoms with van der Waals surface area (Å²) in [5.41, 5.74) is 1.40. The Labute approximate surface area is 117 Å². The lowest BCUT2D eigenvalue weighted by Crippen LogP contribution is -2.26. The number of hydrogen-bond acceptors (Lipinski definition) is 5. The first-order valence-corrected chi connectivity index (χ1v) is 6.52. The van der Waals surface area contributed by atoms with Crippen molar-refractivity contribution in [1.82, 2.24) is 25.3 Å². The van der Waals surface area contributed by atoms with Gasteiger partial charge in [-0.15, -0.1) is 10.2 Å². The number of nitrogens with zero attached hydrogens (tertiary/aromatic N) is 4. The van der Waals surface area contributed by atoms with E-state index < -0.39 is 0 Å². The monoisotopic (exact) mass is 274 g/mol. The average Bonchev–Trinajstić information content (AvgIpc) is 2.85. The van der Waals surface area contributed by atoms with Crippen molar-refractivity contribution in [2.75, 3.05) is 18.4 Å². The molecule has 20 heavy (non-hydrogen) atoms. The summed E-state index contributed by atoms with van der Waals surface area (Å²) in [4.78, 5) is 11.9. The average molecular weight is 274 g/mol. The van der Waals surface area contributed by atoms with Crippen LogP contribution in [0.5, 0.6) is 0 Å². The summed E-state index contributed by atoms with van der Waals surface area (Å²) in [5, 5.41) is 17.7. The molecule has 0 bridgehead atoms. The second kappa shape index (κ2) is 6.65. The van der Waals surface area contributed by atoms with Crippen molar-refractivity contribution >= 4 is 11.7 Å². The summed E-state index contributed by atoms with van der Waals surface area (Å²) in [6, 6.07) is 3.40. The van der Waals surface area contributed by atoms with Crippen LogP contribution in [0.1, 0.15) is 23.0 Å². The van der Waals surface area contributed by atoms with Crippen LogP contribution in [0.15, 0.2) is 24.5 Å². The van der Waals surface area contributed by atoms with E-state index >= 15 is 0 Å². The van der Waals surface area contributed by atoms with Gasteiger partial charge in [0.25, 0.3) is 5.91 Å². The third-order valence-corrected chi connectivity index (χ3v) is 2.71. The molecule has 0 aliphatic heterocycles.